The molecule has 1 heterocycles. The Morgan fingerprint density at radius 2 is 2.00 bits per heavy atom. The minimum atomic E-state index is -3.31. The van der Waals surface area contributed by atoms with E-state index in [-0.39, 0.29) is 10.6 Å². The maximum absolute atomic E-state index is 11.5. The number of sulfone groups is 1. The molecule has 6 heteroatoms. The molecule has 0 atom stereocenters. The van der Waals surface area contributed by atoms with E-state index in [0.717, 1.165) is 17.4 Å². The lowest BCUT2D eigenvalue weighted by Crippen LogP contribution is -2.02. The molecule has 2 rings (SSSR count). The summed E-state index contributed by atoms with van der Waals surface area (Å²) in [6, 6.07) is 4.95. The molecule has 0 spiro atoms. The molecule has 0 fully saturated rings. The average molecular weight is 251 g/mol. The molecule has 0 amide bonds. The first-order valence-corrected chi connectivity index (χ1v) is 6.85. The van der Waals surface area contributed by atoms with Crippen LogP contribution in [0, 0.1) is 0 Å². The van der Waals surface area contributed by atoms with Crippen molar-refractivity contribution in [3.8, 4) is 11.1 Å². The maximum Gasteiger partial charge on any atom is 0.177 e. The van der Waals surface area contributed by atoms with Crippen molar-refractivity contribution in [2.45, 2.75) is 4.90 Å². The number of hydrogen-bond acceptors (Lipinski definition) is 4. The van der Waals surface area contributed by atoms with Crippen molar-refractivity contribution in [1.82, 2.24) is 9.78 Å². The van der Waals surface area contributed by atoms with Gasteiger partial charge in [0, 0.05) is 25.1 Å². The van der Waals surface area contributed by atoms with E-state index >= 15 is 0 Å². The van der Waals surface area contributed by atoms with Gasteiger partial charge in [-0.15, -0.1) is 0 Å². The molecule has 0 saturated carbocycles. The molecule has 0 unspecified atom stereocenters. The van der Waals surface area contributed by atoms with Gasteiger partial charge in [0.05, 0.1) is 16.8 Å². The molecular formula is C11H13N3O2S. The fraction of sp³-hybridized carbons (Fsp3) is 0.182. The van der Waals surface area contributed by atoms with E-state index < -0.39 is 9.84 Å². The van der Waals surface area contributed by atoms with Crippen LogP contribution >= 0.6 is 0 Å². The molecule has 0 radical (unpaired) electrons. The number of rotatable bonds is 2. The van der Waals surface area contributed by atoms with E-state index in [2.05, 4.69) is 5.10 Å². The Morgan fingerprint density at radius 1 is 1.29 bits per heavy atom. The lowest BCUT2D eigenvalue weighted by Gasteiger charge is -2.05. The number of aromatic nitrogens is 2. The standard InChI is InChI=1S/C11H13N3O2S/c1-14-7-9(6-13-14)8-3-4-10(12)11(5-8)17(2,15)16/h3-7H,12H2,1-2H3. The van der Waals surface area contributed by atoms with E-state index in [9.17, 15) is 8.42 Å². The summed E-state index contributed by atoms with van der Waals surface area (Å²) in [4.78, 5) is 0.152. The Kier molecular flexibility index (Phi) is 2.66. The van der Waals surface area contributed by atoms with E-state index in [1.807, 2.05) is 6.20 Å². The molecule has 0 aliphatic heterocycles. The predicted molar refractivity (Wildman–Crippen MR) is 66.2 cm³/mol. The second-order valence-corrected chi connectivity index (χ2v) is 5.91. The van der Waals surface area contributed by atoms with E-state index in [4.69, 9.17) is 5.73 Å². The Balaban J connectivity index is 2.59. The molecule has 2 aromatic rings. The topological polar surface area (TPSA) is 78.0 Å². The van der Waals surface area contributed by atoms with Crippen LogP contribution in [0.5, 0.6) is 0 Å². The number of nitrogens with two attached hydrogens (primary N) is 1. The van der Waals surface area contributed by atoms with Crippen molar-refractivity contribution in [3.05, 3.63) is 30.6 Å². The molecule has 1 aromatic heterocycles. The Hall–Kier alpha value is -1.82. The molecule has 0 bridgehead atoms. The van der Waals surface area contributed by atoms with Crippen LogP contribution in [0.25, 0.3) is 11.1 Å². The van der Waals surface area contributed by atoms with Crippen molar-refractivity contribution in [3.63, 3.8) is 0 Å². The van der Waals surface area contributed by atoms with Crippen molar-refractivity contribution >= 4 is 15.5 Å². The largest absolute Gasteiger partial charge is 0.398 e. The Bertz CT molecular complexity index is 659. The van der Waals surface area contributed by atoms with Crippen LogP contribution in [0.4, 0.5) is 5.69 Å². The number of anilines is 1. The van der Waals surface area contributed by atoms with Gasteiger partial charge in [-0.2, -0.15) is 5.10 Å². The van der Waals surface area contributed by atoms with Crippen molar-refractivity contribution in [2.24, 2.45) is 7.05 Å². The van der Waals surface area contributed by atoms with E-state index in [0.29, 0.717) is 0 Å². The first kappa shape index (κ1) is 11.7. The summed E-state index contributed by atoms with van der Waals surface area (Å²) in [6.07, 6.45) is 4.64. The van der Waals surface area contributed by atoms with Gasteiger partial charge < -0.3 is 5.73 Å². The molecule has 0 aliphatic rings. The van der Waals surface area contributed by atoms with E-state index in [1.54, 1.807) is 36.1 Å². The van der Waals surface area contributed by atoms with Gasteiger partial charge in [-0.25, -0.2) is 8.42 Å². The van der Waals surface area contributed by atoms with Crippen molar-refractivity contribution in [2.75, 3.05) is 12.0 Å². The SMILES string of the molecule is Cn1cc(-c2ccc(N)c(S(C)(=O)=O)c2)cn1. The molecule has 0 saturated heterocycles. The molecule has 90 valence electrons. The van der Waals surface area contributed by atoms with Crippen molar-refractivity contribution in [1.29, 1.82) is 0 Å². The zero-order valence-corrected chi connectivity index (χ0v) is 10.4. The van der Waals surface area contributed by atoms with Crippen LogP contribution in [0.3, 0.4) is 0 Å². The average Bonchev–Trinajstić information content (AvgIpc) is 2.64. The van der Waals surface area contributed by atoms with Gasteiger partial charge in [-0.3, -0.25) is 4.68 Å². The highest BCUT2D eigenvalue weighted by Crippen LogP contribution is 2.26. The monoisotopic (exact) mass is 251 g/mol. The maximum atomic E-state index is 11.5. The van der Waals surface area contributed by atoms with Gasteiger partial charge in [-0.1, -0.05) is 6.07 Å². The number of benzene rings is 1. The molecule has 1 aromatic carbocycles. The highest BCUT2D eigenvalue weighted by atomic mass is 32.2. The molecule has 5 nitrogen and oxygen atoms in total. The summed E-state index contributed by atoms with van der Waals surface area (Å²) in [5.41, 5.74) is 7.57. The van der Waals surface area contributed by atoms with Crippen molar-refractivity contribution < 1.29 is 8.42 Å². The van der Waals surface area contributed by atoms with Gasteiger partial charge >= 0.3 is 0 Å². The van der Waals surface area contributed by atoms with Gasteiger partial charge in [0.15, 0.2) is 9.84 Å². The predicted octanol–water partition coefficient (Wildman–Crippen LogP) is 1.07. The van der Waals surface area contributed by atoms with Gasteiger partial charge in [0.25, 0.3) is 0 Å². The number of aryl methyl sites for hydroxylation is 1. The van der Waals surface area contributed by atoms with E-state index in [1.165, 1.54) is 0 Å². The molecule has 0 aliphatic carbocycles. The zero-order valence-electron chi connectivity index (χ0n) is 9.58. The van der Waals surface area contributed by atoms with Gasteiger partial charge in [-0.05, 0) is 17.7 Å². The molecule has 2 N–H and O–H groups in total. The van der Waals surface area contributed by atoms with Gasteiger partial charge in [0.1, 0.15) is 0 Å². The molecular weight excluding hydrogens is 238 g/mol. The zero-order chi connectivity index (χ0) is 12.6. The summed E-state index contributed by atoms with van der Waals surface area (Å²) in [6.45, 7) is 0. The van der Waals surface area contributed by atoms with Crippen LogP contribution in [0.2, 0.25) is 0 Å². The first-order chi connectivity index (χ1) is 7.88. The van der Waals surface area contributed by atoms with Gasteiger partial charge in [0.2, 0.25) is 0 Å². The number of nitrogens with zero attached hydrogens (tertiary/aromatic N) is 2. The summed E-state index contributed by atoms with van der Waals surface area (Å²) in [7, 11) is -1.51. The third-order valence-corrected chi connectivity index (χ3v) is 3.60. The van der Waals surface area contributed by atoms with Crippen LogP contribution in [0.1, 0.15) is 0 Å². The first-order valence-electron chi connectivity index (χ1n) is 4.96. The summed E-state index contributed by atoms with van der Waals surface area (Å²) >= 11 is 0. The van der Waals surface area contributed by atoms with Crippen LogP contribution in [0.15, 0.2) is 35.5 Å². The normalized spacial score (nSPS) is 11.6. The van der Waals surface area contributed by atoms with Crippen LogP contribution in [-0.4, -0.2) is 24.5 Å². The number of nitrogen functional groups attached to an aromatic ring is 1. The highest BCUT2D eigenvalue weighted by Gasteiger charge is 2.13. The third-order valence-electron chi connectivity index (χ3n) is 2.45. The number of hydrogen-bond donors (Lipinski definition) is 1. The Labute approximate surface area is 99.8 Å². The third kappa shape index (κ3) is 2.31. The van der Waals surface area contributed by atoms with Crippen LogP contribution < -0.4 is 5.73 Å². The fourth-order valence-corrected chi connectivity index (χ4v) is 2.44. The second kappa shape index (κ2) is 3.89. The quantitative estimate of drug-likeness (QED) is 0.810. The second-order valence-electron chi connectivity index (χ2n) is 3.93. The fourth-order valence-electron chi connectivity index (χ4n) is 1.61. The lowest BCUT2D eigenvalue weighted by atomic mass is 10.1. The van der Waals surface area contributed by atoms with Crippen LogP contribution in [-0.2, 0) is 16.9 Å². The Morgan fingerprint density at radius 3 is 2.53 bits per heavy atom. The smallest absolute Gasteiger partial charge is 0.177 e. The summed E-state index contributed by atoms with van der Waals surface area (Å²) in [5.74, 6) is 0. The summed E-state index contributed by atoms with van der Waals surface area (Å²) in [5, 5.41) is 4.04. The summed E-state index contributed by atoms with van der Waals surface area (Å²) < 4.78 is 24.7. The minimum absolute atomic E-state index is 0.152. The highest BCUT2D eigenvalue weighted by molar-refractivity contribution is 7.90. The molecule has 17 heavy (non-hydrogen) atoms. The lowest BCUT2D eigenvalue weighted by molar-refractivity contribution is 0.602. The minimum Gasteiger partial charge on any atom is -0.398 e.